The standard InChI is InChI=1S/C9H15NO5S/c1-4(11)10-5-6(12)7(13)9(3-16)2-14-8(5)15-9/h5-8,12-13,16H,2-3H2,1H3,(H,10,11)/t5-,6-,7-,8+,9-/m1/s1. The zero-order valence-electron chi connectivity index (χ0n) is 8.79. The second kappa shape index (κ2) is 4.15. The van der Waals surface area contributed by atoms with Crippen LogP contribution in [0.3, 0.4) is 0 Å². The van der Waals surface area contributed by atoms with Gasteiger partial charge in [0.25, 0.3) is 0 Å². The van der Waals surface area contributed by atoms with Crippen molar-refractivity contribution in [1.82, 2.24) is 5.32 Å². The Bertz CT molecular complexity index is 302. The van der Waals surface area contributed by atoms with Gasteiger partial charge in [-0.15, -0.1) is 0 Å². The molecular weight excluding hydrogens is 234 g/mol. The van der Waals surface area contributed by atoms with Gasteiger partial charge in [-0.05, 0) is 0 Å². The number of aliphatic hydroxyl groups is 2. The summed E-state index contributed by atoms with van der Waals surface area (Å²) in [6.07, 6.45) is -2.97. The van der Waals surface area contributed by atoms with E-state index in [9.17, 15) is 15.0 Å². The van der Waals surface area contributed by atoms with Gasteiger partial charge in [-0.2, -0.15) is 12.6 Å². The molecule has 2 bridgehead atoms. The molecule has 2 fully saturated rings. The van der Waals surface area contributed by atoms with E-state index in [0.29, 0.717) is 0 Å². The van der Waals surface area contributed by atoms with E-state index in [4.69, 9.17) is 9.47 Å². The molecule has 7 heteroatoms. The number of hydrogen-bond acceptors (Lipinski definition) is 6. The predicted molar refractivity (Wildman–Crippen MR) is 57.0 cm³/mol. The summed E-state index contributed by atoms with van der Waals surface area (Å²) in [5.41, 5.74) is -0.970. The molecule has 0 radical (unpaired) electrons. The van der Waals surface area contributed by atoms with Gasteiger partial charge in [0.15, 0.2) is 6.29 Å². The molecule has 92 valence electrons. The zero-order chi connectivity index (χ0) is 11.9. The number of carbonyl (C=O) groups is 1. The van der Waals surface area contributed by atoms with Gasteiger partial charge in [0.1, 0.15) is 23.9 Å². The molecule has 2 saturated heterocycles. The third-order valence-electron chi connectivity index (χ3n) is 3.00. The maximum atomic E-state index is 11.0. The SMILES string of the molecule is CC(=O)N[C@H]1[C@H]2OC[C@](CS)(O2)[C@H](O)[C@@H]1O. The van der Waals surface area contributed by atoms with Crippen molar-refractivity contribution < 1.29 is 24.5 Å². The monoisotopic (exact) mass is 249 g/mol. The minimum Gasteiger partial charge on any atom is -0.388 e. The van der Waals surface area contributed by atoms with E-state index >= 15 is 0 Å². The normalized spacial score (nSPS) is 46.8. The van der Waals surface area contributed by atoms with Crippen LogP contribution in [-0.4, -0.2) is 58.6 Å². The van der Waals surface area contributed by atoms with Crippen molar-refractivity contribution in [1.29, 1.82) is 0 Å². The van der Waals surface area contributed by atoms with Crippen molar-refractivity contribution in [3.63, 3.8) is 0 Å². The fraction of sp³-hybridized carbons (Fsp3) is 0.889. The molecule has 0 unspecified atom stereocenters. The molecule has 2 aliphatic rings. The largest absolute Gasteiger partial charge is 0.388 e. The van der Waals surface area contributed by atoms with Crippen molar-refractivity contribution in [2.75, 3.05) is 12.4 Å². The molecule has 16 heavy (non-hydrogen) atoms. The summed E-state index contributed by atoms with van der Waals surface area (Å²) < 4.78 is 10.8. The minimum absolute atomic E-state index is 0.162. The van der Waals surface area contributed by atoms with Crippen molar-refractivity contribution in [2.24, 2.45) is 0 Å². The second-order valence-electron chi connectivity index (χ2n) is 4.18. The van der Waals surface area contributed by atoms with Crippen molar-refractivity contribution in [3.05, 3.63) is 0 Å². The third-order valence-corrected chi connectivity index (χ3v) is 3.54. The summed E-state index contributed by atoms with van der Waals surface area (Å²) >= 11 is 4.09. The molecule has 2 rings (SSSR count). The number of nitrogens with one attached hydrogen (secondary N) is 1. The molecule has 2 heterocycles. The zero-order valence-corrected chi connectivity index (χ0v) is 9.68. The van der Waals surface area contributed by atoms with Crippen LogP contribution in [0.4, 0.5) is 0 Å². The highest BCUT2D eigenvalue weighted by Gasteiger charge is 2.58. The maximum absolute atomic E-state index is 11.0. The first-order valence-corrected chi connectivity index (χ1v) is 5.67. The number of aliphatic hydroxyl groups excluding tert-OH is 2. The fourth-order valence-electron chi connectivity index (χ4n) is 2.09. The molecule has 0 saturated carbocycles. The van der Waals surface area contributed by atoms with Crippen LogP contribution in [-0.2, 0) is 14.3 Å². The Labute approximate surface area is 98.3 Å². The smallest absolute Gasteiger partial charge is 0.217 e. The number of fused-ring (bicyclic) bond motifs is 2. The maximum Gasteiger partial charge on any atom is 0.217 e. The Morgan fingerprint density at radius 3 is 2.88 bits per heavy atom. The number of rotatable bonds is 2. The van der Waals surface area contributed by atoms with Crippen LogP contribution in [0, 0.1) is 0 Å². The Morgan fingerprint density at radius 2 is 2.31 bits per heavy atom. The van der Waals surface area contributed by atoms with Gasteiger partial charge in [0.2, 0.25) is 5.91 Å². The first-order valence-electron chi connectivity index (χ1n) is 5.04. The molecular formula is C9H15NO5S. The number of carbonyl (C=O) groups excluding carboxylic acids is 1. The minimum atomic E-state index is -1.12. The van der Waals surface area contributed by atoms with Crippen LogP contribution < -0.4 is 5.32 Å². The summed E-state index contributed by atoms with van der Waals surface area (Å²) in [6, 6.07) is -0.747. The summed E-state index contributed by atoms with van der Waals surface area (Å²) in [5, 5.41) is 22.4. The molecule has 5 atom stereocenters. The highest BCUT2D eigenvalue weighted by molar-refractivity contribution is 7.80. The molecule has 0 aromatic rings. The molecule has 0 aromatic heterocycles. The van der Waals surface area contributed by atoms with E-state index in [1.54, 1.807) is 0 Å². The van der Waals surface area contributed by atoms with Crippen molar-refractivity contribution in [3.8, 4) is 0 Å². The highest BCUT2D eigenvalue weighted by Crippen LogP contribution is 2.37. The highest BCUT2D eigenvalue weighted by atomic mass is 32.1. The van der Waals surface area contributed by atoms with E-state index in [1.807, 2.05) is 0 Å². The predicted octanol–water partition coefficient (Wildman–Crippen LogP) is -1.73. The number of amides is 1. The molecule has 0 aromatic carbocycles. The van der Waals surface area contributed by atoms with E-state index in [1.165, 1.54) is 6.92 Å². The van der Waals surface area contributed by atoms with Crippen LogP contribution in [0.5, 0.6) is 0 Å². The van der Waals surface area contributed by atoms with Gasteiger partial charge < -0.3 is 25.0 Å². The lowest BCUT2D eigenvalue weighted by Crippen LogP contribution is -2.65. The van der Waals surface area contributed by atoms with E-state index < -0.39 is 30.1 Å². The van der Waals surface area contributed by atoms with Gasteiger partial charge in [0, 0.05) is 12.7 Å². The Morgan fingerprint density at radius 1 is 1.62 bits per heavy atom. The summed E-state index contributed by atoms with van der Waals surface area (Å²) in [7, 11) is 0. The summed E-state index contributed by atoms with van der Waals surface area (Å²) in [4.78, 5) is 11.0. The van der Waals surface area contributed by atoms with E-state index in [2.05, 4.69) is 17.9 Å². The summed E-state index contributed by atoms with van der Waals surface area (Å²) in [6.45, 7) is 1.49. The quantitative estimate of drug-likeness (QED) is 0.437. The van der Waals surface area contributed by atoms with Crippen LogP contribution in [0.2, 0.25) is 0 Å². The van der Waals surface area contributed by atoms with Gasteiger partial charge in [-0.1, -0.05) is 0 Å². The van der Waals surface area contributed by atoms with Gasteiger partial charge >= 0.3 is 0 Å². The fourth-order valence-corrected chi connectivity index (χ4v) is 2.44. The Balaban J connectivity index is 2.19. The molecule has 0 aliphatic carbocycles. The van der Waals surface area contributed by atoms with Crippen LogP contribution in [0.1, 0.15) is 6.92 Å². The third kappa shape index (κ3) is 1.72. The van der Waals surface area contributed by atoms with Gasteiger partial charge in [0.05, 0.1) is 6.61 Å². The van der Waals surface area contributed by atoms with E-state index in [0.717, 1.165) is 0 Å². The van der Waals surface area contributed by atoms with Crippen LogP contribution >= 0.6 is 12.6 Å². The molecule has 1 amide bonds. The summed E-state index contributed by atoms with van der Waals surface area (Å²) in [5.74, 6) is -0.0668. The Hall–Kier alpha value is -0.340. The van der Waals surface area contributed by atoms with E-state index in [-0.39, 0.29) is 18.3 Å². The molecule has 2 aliphatic heterocycles. The van der Waals surface area contributed by atoms with Crippen molar-refractivity contribution in [2.45, 2.75) is 37.1 Å². The number of thiol groups is 1. The van der Waals surface area contributed by atoms with Crippen LogP contribution in [0.25, 0.3) is 0 Å². The average Bonchev–Trinajstić information content (AvgIpc) is 2.65. The van der Waals surface area contributed by atoms with Gasteiger partial charge in [-0.3, -0.25) is 4.79 Å². The van der Waals surface area contributed by atoms with Crippen molar-refractivity contribution >= 4 is 18.5 Å². The molecule has 0 spiro atoms. The lowest BCUT2D eigenvalue weighted by molar-refractivity contribution is -0.217. The number of hydrogen-bond donors (Lipinski definition) is 4. The Kier molecular flexibility index (Phi) is 3.15. The second-order valence-corrected chi connectivity index (χ2v) is 4.50. The topological polar surface area (TPSA) is 88.0 Å². The molecule has 3 N–H and O–H groups in total. The lowest BCUT2D eigenvalue weighted by Gasteiger charge is -2.42. The average molecular weight is 249 g/mol. The lowest BCUT2D eigenvalue weighted by atomic mass is 9.89. The first kappa shape index (κ1) is 12.1. The molecule has 6 nitrogen and oxygen atoms in total. The number of ether oxygens (including phenoxy) is 2. The van der Waals surface area contributed by atoms with Crippen LogP contribution in [0.15, 0.2) is 0 Å². The van der Waals surface area contributed by atoms with Gasteiger partial charge in [-0.25, -0.2) is 0 Å². The first-order chi connectivity index (χ1) is 7.50.